The predicted molar refractivity (Wildman–Crippen MR) is 79.5 cm³/mol. The first-order valence-corrected chi connectivity index (χ1v) is 7.26. The quantitative estimate of drug-likeness (QED) is 0.699. The van der Waals surface area contributed by atoms with Crippen LogP contribution in [0.15, 0.2) is 0 Å². The minimum atomic E-state index is 0.175. The van der Waals surface area contributed by atoms with Crippen molar-refractivity contribution in [3.8, 4) is 12.3 Å². The molecule has 1 unspecified atom stereocenters. The molecule has 0 amide bonds. The van der Waals surface area contributed by atoms with Gasteiger partial charge in [0.15, 0.2) is 0 Å². The second-order valence-corrected chi connectivity index (χ2v) is 7.02. The van der Waals surface area contributed by atoms with Gasteiger partial charge in [0.1, 0.15) is 0 Å². The van der Waals surface area contributed by atoms with E-state index in [1.165, 1.54) is 19.4 Å². The van der Waals surface area contributed by atoms with Crippen LogP contribution in [0.2, 0.25) is 0 Å². The normalized spacial score (nSPS) is 18.1. The molecule has 104 valence electrons. The van der Waals surface area contributed by atoms with E-state index in [1.54, 1.807) is 0 Å². The molecule has 2 nitrogen and oxygen atoms in total. The van der Waals surface area contributed by atoms with E-state index >= 15 is 0 Å². The van der Waals surface area contributed by atoms with E-state index < -0.39 is 0 Å². The summed E-state index contributed by atoms with van der Waals surface area (Å²) in [5, 5.41) is 3.63. The van der Waals surface area contributed by atoms with E-state index in [1.807, 2.05) is 0 Å². The lowest BCUT2D eigenvalue weighted by Gasteiger charge is -2.35. The molecule has 0 aromatic rings. The fourth-order valence-electron chi connectivity index (χ4n) is 2.26. The minimum absolute atomic E-state index is 0.175. The van der Waals surface area contributed by atoms with Crippen molar-refractivity contribution in [1.29, 1.82) is 0 Å². The van der Waals surface area contributed by atoms with Gasteiger partial charge in [-0.2, -0.15) is 0 Å². The Morgan fingerprint density at radius 1 is 1.33 bits per heavy atom. The molecule has 0 aliphatic heterocycles. The molecule has 0 saturated heterocycles. The molecule has 0 heterocycles. The van der Waals surface area contributed by atoms with Gasteiger partial charge in [0.25, 0.3) is 0 Å². The smallest absolute Gasteiger partial charge is 0.0601 e. The summed E-state index contributed by atoms with van der Waals surface area (Å²) in [7, 11) is 0. The van der Waals surface area contributed by atoms with E-state index in [0.29, 0.717) is 12.0 Å². The lowest BCUT2D eigenvalue weighted by molar-refractivity contribution is 0.155. The molecule has 2 heteroatoms. The maximum absolute atomic E-state index is 5.53. The Bertz CT molecular complexity index is 278. The molecule has 1 aliphatic rings. The van der Waals surface area contributed by atoms with Crippen molar-refractivity contribution in [2.24, 2.45) is 11.8 Å². The molecule has 1 saturated carbocycles. The SMILES string of the molecule is C#CCN(CC1CC1)C(CNC(C)(C)C)C(C)C. The molecule has 0 radical (unpaired) electrons. The third-order valence-electron chi connectivity index (χ3n) is 3.56. The van der Waals surface area contributed by atoms with Crippen LogP contribution in [0.4, 0.5) is 0 Å². The van der Waals surface area contributed by atoms with Crippen LogP contribution in [0.1, 0.15) is 47.5 Å². The molecular formula is C16H30N2. The lowest BCUT2D eigenvalue weighted by atomic mass is 10.00. The molecule has 0 aromatic heterocycles. The van der Waals surface area contributed by atoms with Crippen molar-refractivity contribution >= 4 is 0 Å². The summed E-state index contributed by atoms with van der Waals surface area (Å²) < 4.78 is 0. The minimum Gasteiger partial charge on any atom is -0.311 e. The number of nitrogens with one attached hydrogen (secondary N) is 1. The highest BCUT2D eigenvalue weighted by Gasteiger charge is 2.29. The Morgan fingerprint density at radius 3 is 2.33 bits per heavy atom. The average molecular weight is 250 g/mol. The zero-order valence-corrected chi connectivity index (χ0v) is 12.8. The average Bonchev–Trinajstić information content (AvgIpc) is 2.99. The van der Waals surface area contributed by atoms with Crippen LogP contribution in [0.3, 0.4) is 0 Å². The Kier molecular flexibility index (Phi) is 5.69. The topological polar surface area (TPSA) is 15.3 Å². The van der Waals surface area contributed by atoms with E-state index in [0.717, 1.165) is 19.0 Å². The van der Waals surface area contributed by atoms with Gasteiger partial charge >= 0.3 is 0 Å². The van der Waals surface area contributed by atoms with Crippen LogP contribution in [0, 0.1) is 24.2 Å². The molecule has 0 bridgehead atoms. The number of terminal acetylenes is 1. The summed E-state index contributed by atoms with van der Waals surface area (Å²) in [5.74, 6) is 4.36. The number of rotatable bonds is 7. The largest absolute Gasteiger partial charge is 0.311 e. The third kappa shape index (κ3) is 5.89. The molecule has 1 aliphatic carbocycles. The summed E-state index contributed by atoms with van der Waals surface area (Å²) in [5.41, 5.74) is 0.175. The van der Waals surface area contributed by atoms with Crippen molar-refractivity contribution in [1.82, 2.24) is 10.2 Å². The fraction of sp³-hybridized carbons (Fsp3) is 0.875. The molecule has 18 heavy (non-hydrogen) atoms. The molecule has 1 atom stereocenters. The van der Waals surface area contributed by atoms with Crippen LogP contribution in [0.25, 0.3) is 0 Å². The van der Waals surface area contributed by atoms with Gasteiger partial charge in [-0.25, -0.2) is 0 Å². The monoisotopic (exact) mass is 250 g/mol. The maximum atomic E-state index is 5.53. The van der Waals surface area contributed by atoms with Crippen LogP contribution < -0.4 is 5.32 Å². The molecular weight excluding hydrogens is 220 g/mol. The number of hydrogen-bond donors (Lipinski definition) is 1. The fourth-order valence-corrected chi connectivity index (χ4v) is 2.26. The molecule has 1 rings (SSSR count). The first-order chi connectivity index (χ1) is 8.33. The van der Waals surface area contributed by atoms with E-state index in [2.05, 4.69) is 50.8 Å². The van der Waals surface area contributed by atoms with Crippen LogP contribution in [-0.4, -0.2) is 36.1 Å². The van der Waals surface area contributed by atoms with Gasteiger partial charge < -0.3 is 5.32 Å². The van der Waals surface area contributed by atoms with Crippen LogP contribution in [-0.2, 0) is 0 Å². The van der Waals surface area contributed by atoms with Gasteiger partial charge in [-0.05, 0) is 45.4 Å². The zero-order valence-electron chi connectivity index (χ0n) is 12.8. The van der Waals surface area contributed by atoms with E-state index in [4.69, 9.17) is 6.42 Å². The van der Waals surface area contributed by atoms with Gasteiger partial charge in [-0.15, -0.1) is 6.42 Å². The highest BCUT2D eigenvalue weighted by Crippen LogP contribution is 2.30. The first-order valence-electron chi connectivity index (χ1n) is 7.26. The number of hydrogen-bond acceptors (Lipinski definition) is 2. The second-order valence-electron chi connectivity index (χ2n) is 7.02. The lowest BCUT2D eigenvalue weighted by Crippen LogP contribution is -2.50. The van der Waals surface area contributed by atoms with Gasteiger partial charge in [0.2, 0.25) is 0 Å². The molecule has 1 fully saturated rings. The summed E-state index contributed by atoms with van der Waals surface area (Å²) in [6.45, 7) is 14.2. The van der Waals surface area contributed by atoms with Crippen molar-refractivity contribution in [3.63, 3.8) is 0 Å². The number of nitrogens with zero attached hydrogens (tertiary/aromatic N) is 1. The Hall–Kier alpha value is -0.520. The van der Waals surface area contributed by atoms with Crippen molar-refractivity contribution in [3.05, 3.63) is 0 Å². The van der Waals surface area contributed by atoms with Crippen LogP contribution in [0.5, 0.6) is 0 Å². The summed E-state index contributed by atoms with van der Waals surface area (Å²) >= 11 is 0. The third-order valence-corrected chi connectivity index (χ3v) is 3.56. The predicted octanol–water partition coefficient (Wildman–Crippen LogP) is 2.74. The van der Waals surface area contributed by atoms with Crippen molar-refractivity contribution in [2.75, 3.05) is 19.6 Å². The van der Waals surface area contributed by atoms with E-state index in [9.17, 15) is 0 Å². The van der Waals surface area contributed by atoms with E-state index in [-0.39, 0.29) is 5.54 Å². The maximum Gasteiger partial charge on any atom is 0.0601 e. The summed E-state index contributed by atoms with van der Waals surface area (Å²) in [4.78, 5) is 2.50. The standard InChI is InChI=1S/C16H30N2/c1-7-10-18(12-14-8-9-14)15(13(2)3)11-17-16(4,5)6/h1,13-15,17H,8-12H2,2-6H3. The molecule has 1 N–H and O–H groups in total. The van der Waals surface area contributed by atoms with Gasteiger partial charge in [0.05, 0.1) is 6.54 Å². The molecule has 0 aromatic carbocycles. The summed E-state index contributed by atoms with van der Waals surface area (Å²) in [6.07, 6.45) is 8.31. The highest BCUT2D eigenvalue weighted by molar-refractivity contribution is 4.94. The summed E-state index contributed by atoms with van der Waals surface area (Å²) in [6, 6.07) is 0.542. The van der Waals surface area contributed by atoms with Crippen LogP contribution >= 0.6 is 0 Å². The Labute approximate surface area is 114 Å². The Balaban J connectivity index is 2.57. The second kappa shape index (κ2) is 6.59. The van der Waals surface area contributed by atoms with Gasteiger partial charge in [-0.3, -0.25) is 4.90 Å². The van der Waals surface area contributed by atoms with Gasteiger partial charge in [-0.1, -0.05) is 19.8 Å². The first kappa shape index (κ1) is 15.5. The molecule has 0 spiro atoms. The van der Waals surface area contributed by atoms with Gasteiger partial charge in [0, 0.05) is 24.7 Å². The Morgan fingerprint density at radius 2 is 1.94 bits per heavy atom. The highest BCUT2D eigenvalue weighted by atomic mass is 15.2. The van der Waals surface area contributed by atoms with Crippen molar-refractivity contribution < 1.29 is 0 Å². The van der Waals surface area contributed by atoms with Crippen molar-refractivity contribution in [2.45, 2.75) is 59.0 Å². The zero-order chi connectivity index (χ0) is 13.8.